The van der Waals surface area contributed by atoms with Gasteiger partial charge in [-0.2, -0.15) is 5.11 Å². The number of carbonyl (C=O) groups is 2. The van der Waals surface area contributed by atoms with E-state index in [4.69, 9.17) is 23.2 Å². The predicted octanol–water partition coefficient (Wildman–Crippen LogP) is 4.58. The molecule has 0 aliphatic carbocycles. The van der Waals surface area contributed by atoms with Gasteiger partial charge in [0.25, 0.3) is 11.6 Å². The number of benzene rings is 2. The van der Waals surface area contributed by atoms with Gasteiger partial charge in [0.2, 0.25) is 6.04 Å². The minimum Gasteiger partial charge on any atom is -0.322 e. The van der Waals surface area contributed by atoms with Crippen LogP contribution in [0.5, 0.6) is 0 Å². The van der Waals surface area contributed by atoms with E-state index in [9.17, 15) is 19.7 Å². The van der Waals surface area contributed by atoms with Crippen LogP contribution >= 0.6 is 23.2 Å². The molecule has 0 radical (unpaired) electrons. The maximum atomic E-state index is 12.3. The molecule has 10 heteroatoms. The van der Waals surface area contributed by atoms with Crippen LogP contribution in [0.2, 0.25) is 10.0 Å². The van der Waals surface area contributed by atoms with Crippen molar-refractivity contribution < 1.29 is 14.5 Å². The van der Waals surface area contributed by atoms with Crippen LogP contribution in [-0.4, -0.2) is 22.7 Å². The average molecular weight is 395 g/mol. The monoisotopic (exact) mass is 394 g/mol. The van der Waals surface area contributed by atoms with Gasteiger partial charge in [-0.1, -0.05) is 35.3 Å². The van der Waals surface area contributed by atoms with Gasteiger partial charge in [0, 0.05) is 11.1 Å². The normalized spacial score (nSPS) is 12.0. The van der Waals surface area contributed by atoms with Gasteiger partial charge in [-0.25, -0.2) is 0 Å². The number of hydrogen-bond donors (Lipinski definition) is 1. The standard InChI is InChI=1S/C16H12Cl2N4O4/c1-9(23)15(16(24)19-12-5-3-2-4-11(12)18)21-20-13-7-6-10(17)8-14(13)22(25)26/h2-8,15H,1H3,(H,19,24)/b21-20+. The molecule has 2 aromatic carbocycles. The fourth-order valence-corrected chi connectivity index (χ4v) is 2.28. The molecule has 134 valence electrons. The lowest BCUT2D eigenvalue weighted by Gasteiger charge is -2.10. The number of azo groups is 1. The van der Waals surface area contributed by atoms with E-state index in [1.807, 2.05) is 0 Å². The zero-order valence-electron chi connectivity index (χ0n) is 13.3. The van der Waals surface area contributed by atoms with E-state index >= 15 is 0 Å². The number of carbonyl (C=O) groups excluding carboxylic acids is 2. The molecule has 1 unspecified atom stereocenters. The van der Waals surface area contributed by atoms with Crippen LogP contribution in [0.3, 0.4) is 0 Å². The van der Waals surface area contributed by atoms with E-state index in [0.29, 0.717) is 5.69 Å². The van der Waals surface area contributed by atoms with Crippen LogP contribution in [0.4, 0.5) is 17.1 Å². The number of nitrogens with zero attached hydrogens (tertiary/aromatic N) is 3. The molecule has 0 spiro atoms. The summed E-state index contributed by atoms with van der Waals surface area (Å²) in [7, 11) is 0. The first kappa shape index (κ1) is 19.5. The molecule has 2 rings (SSSR count). The van der Waals surface area contributed by atoms with Crippen LogP contribution in [-0.2, 0) is 9.59 Å². The number of amides is 1. The van der Waals surface area contributed by atoms with Gasteiger partial charge in [0.05, 0.1) is 15.6 Å². The molecular weight excluding hydrogens is 383 g/mol. The molecule has 26 heavy (non-hydrogen) atoms. The zero-order valence-corrected chi connectivity index (χ0v) is 14.9. The van der Waals surface area contributed by atoms with Crippen molar-refractivity contribution in [3.05, 3.63) is 62.6 Å². The molecule has 1 amide bonds. The SMILES string of the molecule is CC(=O)C(/N=N/c1ccc(Cl)cc1[N+](=O)[O-])C(=O)Nc1ccccc1Cl. The van der Waals surface area contributed by atoms with E-state index in [-0.39, 0.29) is 15.7 Å². The largest absolute Gasteiger partial charge is 0.322 e. The van der Waals surface area contributed by atoms with Crippen LogP contribution in [0.15, 0.2) is 52.7 Å². The van der Waals surface area contributed by atoms with Crippen molar-refractivity contribution >= 4 is 52.0 Å². The number of Topliss-reactive ketones (excluding diaryl/α,β-unsaturated/α-hetero) is 1. The number of anilines is 1. The summed E-state index contributed by atoms with van der Waals surface area (Å²) in [5, 5.41) is 21.3. The van der Waals surface area contributed by atoms with Crippen molar-refractivity contribution in [3.63, 3.8) is 0 Å². The lowest BCUT2D eigenvalue weighted by molar-refractivity contribution is -0.384. The first-order valence-electron chi connectivity index (χ1n) is 7.20. The number of hydrogen-bond acceptors (Lipinski definition) is 6. The fourth-order valence-electron chi connectivity index (χ4n) is 1.93. The predicted molar refractivity (Wildman–Crippen MR) is 97.2 cm³/mol. The van der Waals surface area contributed by atoms with E-state index in [0.717, 1.165) is 13.0 Å². The van der Waals surface area contributed by atoms with E-state index < -0.39 is 28.3 Å². The second-order valence-electron chi connectivity index (χ2n) is 5.09. The Morgan fingerprint density at radius 2 is 1.88 bits per heavy atom. The van der Waals surface area contributed by atoms with Gasteiger partial charge < -0.3 is 5.32 Å². The average Bonchev–Trinajstić information content (AvgIpc) is 2.57. The molecule has 0 aliphatic heterocycles. The molecule has 1 N–H and O–H groups in total. The van der Waals surface area contributed by atoms with E-state index in [1.165, 1.54) is 12.1 Å². The van der Waals surface area contributed by atoms with Gasteiger partial charge in [-0.15, -0.1) is 5.11 Å². The summed E-state index contributed by atoms with van der Waals surface area (Å²) < 4.78 is 0. The Balaban J connectivity index is 2.27. The lowest BCUT2D eigenvalue weighted by atomic mass is 10.2. The number of ketones is 1. The van der Waals surface area contributed by atoms with Crippen molar-refractivity contribution in [1.29, 1.82) is 0 Å². The van der Waals surface area contributed by atoms with Crippen LogP contribution in [0.25, 0.3) is 0 Å². The highest BCUT2D eigenvalue weighted by Crippen LogP contribution is 2.30. The van der Waals surface area contributed by atoms with Gasteiger partial charge >= 0.3 is 0 Å². The molecule has 0 heterocycles. The van der Waals surface area contributed by atoms with Gasteiger partial charge in [-0.3, -0.25) is 19.7 Å². The Morgan fingerprint density at radius 3 is 2.50 bits per heavy atom. The van der Waals surface area contributed by atoms with Crippen molar-refractivity contribution in [3.8, 4) is 0 Å². The zero-order chi connectivity index (χ0) is 19.3. The quantitative estimate of drug-likeness (QED) is 0.334. The topological polar surface area (TPSA) is 114 Å². The van der Waals surface area contributed by atoms with Gasteiger partial charge in [0.1, 0.15) is 0 Å². The van der Waals surface area contributed by atoms with Crippen molar-refractivity contribution in [2.75, 3.05) is 5.32 Å². The van der Waals surface area contributed by atoms with Crippen LogP contribution in [0, 0.1) is 10.1 Å². The Kier molecular flexibility index (Phi) is 6.37. The van der Waals surface area contributed by atoms with Gasteiger partial charge in [-0.05, 0) is 31.2 Å². The molecule has 2 aromatic rings. The molecule has 8 nitrogen and oxygen atoms in total. The molecule has 1 atom stereocenters. The van der Waals surface area contributed by atoms with Crippen molar-refractivity contribution in [1.82, 2.24) is 0 Å². The van der Waals surface area contributed by atoms with Crippen LogP contribution < -0.4 is 5.32 Å². The van der Waals surface area contributed by atoms with E-state index in [2.05, 4.69) is 15.5 Å². The second kappa shape index (κ2) is 8.50. The molecule has 0 fully saturated rings. The minimum absolute atomic E-state index is 0.129. The highest BCUT2D eigenvalue weighted by molar-refractivity contribution is 6.34. The first-order chi connectivity index (χ1) is 12.3. The Hall–Kier alpha value is -2.84. The fraction of sp³-hybridized carbons (Fsp3) is 0.125. The molecular formula is C16H12Cl2N4O4. The number of nitro groups is 1. The smallest absolute Gasteiger partial charge is 0.298 e. The third-order valence-electron chi connectivity index (χ3n) is 3.18. The number of rotatable bonds is 6. The summed E-state index contributed by atoms with van der Waals surface area (Å²) in [6, 6.07) is 8.73. The number of nitro benzene ring substituents is 1. The Morgan fingerprint density at radius 1 is 1.19 bits per heavy atom. The maximum Gasteiger partial charge on any atom is 0.298 e. The third-order valence-corrected chi connectivity index (χ3v) is 3.74. The third kappa shape index (κ3) is 4.84. The highest BCUT2D eigenvalue weighted by atomic mass is 35.5. The Bertz CT molecular complexity index is 902. The first-order valence-corrected chi connectivity index (χ1v) is 7.96. The summed E-state index contributed by atoms with van der Waals surface area (Å²) in [5.41, 5.74) is -0.218. The molecule has 0 aliphatic rings. The van der Waals surface area contributed by atoms with Gasteiger partial charge in [0.15, 0.2) is 11.5 Å². The molecule has 0 saturated heterocycles. The van der Waals surface area contributed by atoms with Crippen molar-refractivity contribution in [2.24, 2.45) is 10.2 Å². The number of nitrogens with one attached hydrogen (secondary N) is 1. The minimum atomic E-state index is -1.48. The number of para-hydroxylation sites is 1. The van der Waals surface area contributed by atoms with Crippen molar-refractivity contribution in [2.45, 2.75) is 13.0 Å². The summed E-state index contributed by atoms with van der Waals surface area (Å²) in [4.78, 5) is 34.4. The number of halogens is 2. The van der Waals surface area contributed by atoms with E-state index in [1.54, 1.807) is 24.3 Å². The summed E-state index contributed by atoms with van der Waals surface area (Å²) >= 11 is 11.7. The summed E-state index contributed by atoms with van der Waals surface area (Å²) in [6.07, 6.45) is 0. The lowest BCUT2D eigenvalue weighted by Crippen LogP contribution is -2.31. The molecule has 0 bridgehead atoms. The second-order valence-corrected chi connectivity index (χ2v) is 5.93. The molecule has 0 aromatic heterocycles. The maximum absolute atomic E-state index is 12.3. The Labute approximate surface area is 158 Å². The summed E-state index contributed by atoms with van der Waals surface area (Å²) in [6.45, 7) is 1.16. The highest BCUT2D eigenvalue weighted by Gasteiger charge is 2.24. The summed E-state index contributed by atoms with van der Waals surface area (Å²) in [5.74, 6) is -1.35. The van der Waals surface area contributed by atoms with Crippen LogP contribution in [0.1, 0.15) is 6.92 Å². The molecule has 0 saturated carbocycles.